The fourth-order valence-corrected chi connectivity index (χ4v) is 2.54. The zero-order valence-corrected chi connectivity index (χ0v) is 10.1. The average molecular weight is 389 g/mol. The number of phenols is 1. The standard InChI is InChI=1S/C7H5I2NO2/c8-5-1-4(3-10-12)2-6(9)7(5)11/h1-3,11-12H/b10-3-. The van der Waals surface area contributed by atoms with Gasteiger partial charge < -0.3 is 10.3 Å². The van der Waals surface area contributed by atoms with Gasteiger partial charge in [-0.25, -0.2) is 0 Å². The molecule has 0 aromatic heterocycles. The van der Waals surface area contributed by atoms with E-state index in [0.717, 1.165) is 12.7 Å². The maximum atomic E-state index is 9.38. The first kappa shape index (κ1) is 10.0. The van der Waals surface area contributed by atoms with Crippen molar-refractivity contribution in [2.45, 2.75) is 0 Å². The van der Waals surface area contributed by atoms with Gasteiger partial charge in [-0.05, 0) is 62.9 Å². The minimum Gasteiger partial charge on any atom is -0.506 e. The van der Waals surface area contributed by atoms with Gasteiger partial charge in [0.05, 0.1) is 13.4 Å². The van der Waals surface area contributed by atoms with E-state index in [-0.39, 0.29) is 5.75 Å². The molecule has 0 unspecified atom stereocenters. The minimum absolute atomic E-state index is 0.270. The van der Waals surface area contributed by atoms with Gasteiger partial charge in [0.25, 0.3) is 0 Å². The third-order valence-corrected chi connectivity index (χ3v) is 2.89. The van der Waals surface area contributed by atoms with Gasteiger partial charge in [0.1, 0.15) is 5.75 Å². The summed E-state index contributed by atoms with van der Waals surface area (Å²) in [6, 6.07) is 3.47. The lowest BCUT2D eigenvalue weighted by molar-refractivity contribution is 0.322. The second-order valence-corrected chi connectivity index (χ2v) is 4.40. The summed E-state index contributed by atoms with van der Waals surface area (Å²) in [6.07, 6.45) is 1.32. The number of hydrogen-bond donors (Lipinski definition) is 2. The summed E-state index contributed by atoms with van der Waals surface area (Å²) >= 11 is 4.03. The van der Waals surface area contributed by atoms with E-state index in [1.165, 1.54) is 6.21 Å². The Labute approximate surface area is 96.8 Å². The van der Waals surface area contributed by atoms with E-state index < -0.39 is 0 Å². The van der Waals surface area contributed by atoms with Crippen molar-refractivity contribution in [1.29, 1.82) is 0 Å². The van der Waals surface area contributed by atoms with E-state index in [4.69, 9.17) is 5.21 Å². The molecule has 0 saturated carbocycles. The molecule has 0 aliphatic carbocycles. The van der Waals surface area contributed by atoms with Gasteiger partial charge in [-0.15, -0.1) is 0 Å². The molecule has 0 atom stereocenters. The van der Waals surface area contributed by atoms with Crippen LogP contribution in [0, 0.1) is 7.14 Å². The highest BCUT2D eigenvalue weighted by Crippen LogP contribution is 2.26. The van der Waals surface area contributed by atoms with Crippen LogP contribution in [-0.4, -0.2) is 16.5 Å². The fraction of sp³-hybridized carbons (Fsp3) is 0. The molecule has 64 valence electrons. The van der Waals surface area contributed by atoms with E-state index in [1.807, 2.05) is 45.2 Å². The van der Waals surface area contributed by atoms with Gasteiger partial charge in [-0.2, -0.15) is 0 Å². The van der Waals surface area contributed by atoms with Crippen LogP contribution in [-0.2, 0) is 0 Å². The first-order valence-electron chi connectivity index (χ1n) is 3.00. The van der Waals surface area contributed by atoms with Crippen LogP contribution in [0.5, 0.6) is 5.75 Å². The predicted molar refractivity (Wildman–Crippen MR) is 62.9 cm³/mol. The molecular formula is C7H5I2NO2. The van der Waals surface area contributed by atoms with Crippen molar-refractivity contribution in [2.24, 2.45) is 5.16 Å². The lowest BCUT2D eigenvalue weighted by Crippen LogP contribution is -1.86. The second-order valence-electron chi connectivity index (χ2n) is 2.08. The molecule has 1 rings (SSSR count). The van der Waals surface area contributed by atoms with E-state index in [0.29, 0.717) is 0 Å². The Kier molecular flexibility index (Phi) is 3.56. The molecule has 5 heteroatoms. The molecule has 3 nitrogen and oxygen atoms in total. The number of rotatable bonds is 1. The second kappa shape index (κ2) is 4.26. The van der Waals surface area contributed by atoms with Gasteiger partial charge in [-0.1, -0.05) is 5.16 Å². The van der Waals surface area contributed by atoms with Crippen molar-refractivity contribution in [3.63, 3.8) is 0 Å². The summed E-state index contributed by atoms with van der Waals surface area (Å²) in [5, 5.41) is 20.6. The smallest absolute Gasteiger partial charge is 0.142 e. The molecule has 0 bridgehead atoms. The summed E-state index contributed by atoms with van der Waals surface area (Å²) in [5.41, 5.74) is 0.768. The Morgan fingerprint density at radius 1 is 1.25 bits per heavy atom. The summed E-state index contributed by atoms with van der Waals surface area (Å²) in [5.74, 6) is 0.270. The first-order valence-corrected chi connectivity index (χ1v) is 5.16. The minimum atomic E-state index is 0.270. The van der Waals surface area contributed by atoms with Gasteiger partial charge in [0.15, 0.2) is 0 Å². The van der Waals surface area contributed by atoms with E-state index in [9.17, 15) is 5.11 Å². The monoisotopic (exact) mass is 389 g/mol. The number of oxime groups is 1. The van der Waals surface area contributed by atoms with Crippen LogP contribution >= 0.6 is 45.2 Å². The van der Waals surface area contributed by atoms with Crippen molar-refractivity contribution >= 4 is 51.4 Å². The Balaban J connectivity index is 3.21. The molecule has 1 aromatic carbocycles. The van der Waals surface area contributed by atoms with Crippen molar-refractivity contribution in [3.8, 4) is 5.75 Å². The molecule has 0 aliphatic rings. The van der Waals surface area contributed by atoms with Crippen LogP contribution in [0.25, 0.3) is 0 Å². The van der Waals surface area contributed by atoms with E-state index in [2.05, 4.69) is 5.16 Å². The molecule has 0 amide bonds. The number of hydrogen-bond acceptors (Lipinski definition) is 3. The van der Waals surface area contributed by atoms with Crippen molar-refractivity contribution in [2.75, 3.05) is 0 Å². The summed E-state index contributed by atoms with van der Waals surface area (Å²) in [4.78, 5) is 0. The van der Waals surface area contributed by atoms with Gasteiger partial charge >= 0.3 is 0 Å². The average Bonchev–Trinajstić information content (AvgIpc) is 2.01. The van der Waals surface area contributed by atoms with Gasteiger partial charge in [0, 0.05) is 0 Å². The van der Waals surface area contributed by atoms with Crippen molar-refractivity contribution in [1.82, 2.24) is 0 Å². The lowest BCUT2D eigenvalue weighted by Gasteiger charge is -2.00. The largest absolute Gasteiger partial charge is 0.506 e. The molecule has 0 saturated heterocycles. The predicted octanol–water partition coefficient (Wildman–Crippen LogP) is 2.41. The molecule has 2 N–H and O–H groups in total. The molecule has 0 fully saturated rings. The molecular weight excluding hydrogens is 384 g/mol. The Bertz CT molecular complexity index is 302. The highest BCUT2D eigenvalue weighted by molar-refractivity contribution is 14.1. The molecule has 0 heterocycles. The van der Waals surface area contributed by atoms with Gasteiger partial charge in [-0.3, -0.25) is 0 Å². The van der Waals surface area contributed by atoms with Crippen molar-refractivity contribution < 1.29 is 10.3 Å². The van der Waals surface area contributed by atoms with Crippen LogP contribution in [0.15, 0.2) is 17.3 Å². The number of aromatic hydroxyl groups is 1. The quantitative estimate of drug-likeness (QED) is 0.336. The zero-order chi connectivity index (χ0) is 9.14. The molecule has 1 aromatic rings. The number of phenolic OH excluding ortho intramolecular Hbond substituents is 1. The third-order valence-electron chi connectivity index (χ3n) is 1.25. The van der Waals surface area contributed by atoms with E-state index >= 15 is 0 Å². The summed E-state index contributed by atoms with van der Waals surface area (Å²) in [6.45, 7) is 0. The topological polar surface area (TPSA) is 52.8 Å². The molecule has 12 heavy (non-hydrogen) atoms. The molecule has 0 radical (unpaired) electrons. The number of halogens is 2. The van der Waals surface area contributed by atoms with Crippen LogP contribution in [0.1, 0.15) is 5.56 Å². The normalized spacial score (nSPS) is 10.8. The first-order chi connectivity index (χ1) is 5.65. The highest BCUT2D eigenvalue weighted by Gasteiger charge is 2.03. The van der Waals surface area contributed by atoms with Crippen molar-refractivity contribution in [3.05, 3.63) is 24.8 Å². The SMILES string of the molecule is O/N=C\c1cc(I)c(O)c(I)c1. The lowest BCUT2D eigenvalue weighted by atomic mass is 10.2. The van der Waals surface area contributed by atoms with Crippen LogP contribution < -0.4 is 0 Å². The summed E-state index contributed by atoms with van der Waals surface area (Å²) < 4.78 is 1.49. The zero-order valence-electron chi connectivity index (χ0n) is 5.83. The number of benzene rings is 1. The summed E-state index contributed by atoms with van der Waals surface area (Å²) in [7, 11) is 0. The van der Waals surface area contributed by atoms with Crippen LogP contribution in [0.3, 0.4) is 0 Å². The van der Waals surface area contributed by atoms with Crippen LogP contribution in [0.2, 0.25) is 0 Å². The Morgan fingerprint density at radius 2 is 1.75 bits per heavy atom. The van der Waals surface area contributed by atoms with Gasteiger partial charge in [0.2, 0.25) is 0 Å². The van der Waals surface area contributed by atoms with Crippen LogP contribution in [0.4, 0.5) is 0 Å². The molecule has 0 aliphatic heterocycles. The molecule has 0 spiro atoms. The fourth-order valence-electron chi connectivity index (χ4n) is 0.726. The van der Waals surface area contributed by atoms with E-state index in [1.54, 1.807) is 12.1 Å². The number of nitrogens with zero attached hydrogens (tertiary/aromatic N) is 1. The Morgan fingerprint density at radius 3 is 2.17 bits per heavy atom. The maximum absolute atomic E-state index is 9.38. The maximum Gasteiger partial charge on any atom is 0.142 e. The Hall–Kier alpha value is -0.0500. The third kappa shape index (κ3) is 2.22. The highest BCUT2D eigenvalue weighted by atomic mass is 127.